The van der Waals surface area contributed by atoms with E-state index in [1.54, 1.807) is 0 Å². The number of nitrogens with zero attached hydrogens (tertiary/aromatic N) is 2. The molecule has 4 rings (SSSR count). The summed E-state index contributed by atoms with van der Waals surface area (Å²) in [5.41, 5.74) is 2.83. The highest BCUT2D eigenvalue weighted by molar-refractivity contribution is 7.98. The molecule has 0 aliphatic heterocycles. The minimum atomic E-state index is -1.17. The zero-order valence-corrected chi connectivity index (χ0v) is 14.9. The summed E-state index contributed by atoms with van der Waals surface area (Å²) in [4.78, 5) is 8.69. The van der Waals surface area contributed by atoms with Gasteiger partial charge in [-0.25, -0.2) is 14.4 Å². The van der Waals surface area contributed by atoms with Gasteiger partial charge in [0.2, 0.25) is 0 Å². The van der Waals surface area contributed by atoms with Crippen LogP contribution in [0.2, 0.25) is 10.2 Å². The molecule has 1 aromatic carbocycles. The summed E-state index contributed by atoms with van der Waals surface area (Å²) in [6, 6.07) is 5.81. The number of benzene rings is 1. The van der Waals surface area contributed by atoms with Crippen molar-refractivity contribution in [2.45, 2.75) is 42.4 Å². The number of halogens is 3. The first-order valence-electron chi connectivity index (χ1n) is 7.59. The Morgan fingerprint density at radius 1 is 1.17 bits per heavy atom. The highest BCUT2D eigenvalue weighted by Gasteiger charge is 2.50. The van der Waals surface area contributed by atoms with Crippen molar-refractivity contribution in [1.29, 1.82) is 0 Å². The summed E-state index contributed by atoms with van der Waals surface area (Å²) in [5.74, 6) is 0. The Balaban J connectivity index is 1.87. The summed E-state index contributed by atoms with van der Waals surface area (Å²) < 4.78 is 15.6. The number of aromatic nitrogens is 2. The number of rotatable bonds is 1. The van der Waals surface area contributed by atoms with Crippen LogP contribution in [-0.4, -0.2) is 16.2 Å². The lowest BCUT2D eigenvalue weighted by Gasteiger charge is -2.38. The van der Waals surface area contributed by atoms with E-state index in [2.05, 4.69) is 9.97 Å². The quantitative estimate of drug-likeness (QED) is 0.385. The zero-order chi connectivity index (χ0) is 16.2. The van der Waals surface area contributed by atoms with Crippen molar-refractivity contribution in [3.05, 3.63) is 50.8 Å². The third-order valence-corrected chi connectivity index (χ3v) is 6.39. The van der Waals surface area contributed by atoms with Crippen molar-refractivity contribution < 1.29 is 4.39 Å². The number of fused-ring (bicyclic) bond motifs is 3. The molecule has 2 unspecified atom stereocenters. The molecule has 23 heavy (non-hydrogen) atoms. The van der Waals surface area contributed by atoms with Crippen LogP contribution < -0.4 is 0 Å². The Kier molecular flexibility index (Phi) is 3.82. The van der Waals surface area contributed by atoms with Gasteiger partial charge in [0.05, 0.1) is 5.69 Å². The van der Waals surface area contributed by atoms with Crippen molar-refractivity contribution in [2.75, 3.05) is 6.26 Å². The van der Waals surface area contributed by atoms with Gasteiger partial charge in [-0.05, 0) is 49.1 Å². The molecule has 0 fully saturated rings. The van der Waals surface area contributed by atoms with Crippen LogP contribution in [0.15, 0.2) is 23.4 Å². The molecule has 0 radical (unpaired) electrons. The second kappa shape index (κ2) is 5.61. The van der Waals surface area contributed by atoms with E-state index in [4.69, 9.17) is 23.2 Å². The number of hydrogen-bond acceptors (Lipinski definition) is 3. The zero-order valence-electron chi connectivity index (χ0n) is 12.6. The molecule has 6 heteroatoms. The predicted molar refractivity (Wildman–Crippen MR) is 92.4 cm³/mol. The second-order valence-corrected chi connectivity index (χ2v) is 7.69. The standard InChI is InChI=1S/C17H15Cl2FN2S/c1-23-16-21-13-10(15(19)22-16)6-8-17(14(13)20)7-5-9-11(17)3-2-4-12(9)18/h2-4,14H,5-8H2,1H3. The Morgan fingerprint density at radius 2 is 1.91 bits per heavy atom. The van der Waals surface area contributed by atoms with Gasteiger partial charge in [0.1, 0.15) is 5.15 Å². The lowest BCUT2D eigenvalue weighted by molar-refractivity contribution is 0.154. The first kappa shape index (κ1) is 15.7. The molecule has 2 aliphatic carbocycles. The highest BCUT2D eigenvalue weighted by atomic mass is 35.5. The summed E-state index contributed by atoms with van der Waals surface area (Å²) >= 11 is 14.0. The average Bonchev–Trinajstić information content (AvgIpc) is 2.92. The van der Waals surface area contributed by atoms with Crippen LogP contribution in [0.4, 0.5) is 4.39 Å². The van der Waals surface area contributed by atoms with Crippen LogP contribution in [0.3, 0.4) is 0 Å². The fourth-order valence-electron chi connectivity index (χ4n) is 4.01. The van der Waals surface area contributed by atoms with Gasteiger partial charge in [-0.15, -0.1) is 0 Å². The molecular formula is C17H15Cl2FN2S. The third kappa shape index (κ3) is 2.22. The van der Waals surface area contributed by atoms with Crippen LogP contribution in [0.5, 0.6) is 0 Å². The van der Waals surface area contributed by atoms with Crippen molar-refractivity contribution in [3.63, 3.8) is 0 Å². The van der Waals surface area contributed by atoms with Gasteiger partial charge in [-0.2, -0.15) is 0 Å². The highest BCUT2D eigenvalue weighted by Crippen LogP contribution is 2.56. The van der Waals surface area contributed by atoms with Crippen molar-refractivity contribution in [2.24, 2.45) is 0 Å². The molecule has 2 nitrogen and oxygen atoms in total. The summed E-state index contributed by atoms with van der Waals surface area (Å²) in [6.45, 7) is 0. The smallest absolute Gasteiger partial charge is 0.189 e. The first-order valence-corrected chi connectivity index (χ1v) is 9.57. The fourth-order valence-corrected chi connectivity index (χ4v) is 4.97. The molecule has 0 N–H and O–H groups in total. The Labute approximate surface area is 148 Å². The maximum absolute atomic E-state index is 15.6. The topological polar surface area (TPSA) is 25.8 Å². The Hall–Kier alpha value is -0.840. The molecule has 0 bridgehead atoms. The molecule has 0 saturated carbocycles. The average molecular weight is 369 g/mol. The molecule has 2 aliphatic rings. The lowest BCUT2D eigenvalue weighted by atomic mass is 9.68. The van der Waals surface area contributed by atoms with E-state index in [0.29, 0.717) is 22.4 Å². The van der Waals surface area contributed by atoms with Gasteiger partial charge in [0, 0.05) is 16.0 Å². The van der Waals surface area contributed by atoms with Crippen molar-refractivity contribution in [1.82, 2.24) is 9.97 Å². The van der Waals surface area contributed by atoms with E-state index in [1.165, 1.54) is 11.8 Å². The maximum atomic E-state index is 15.6. The fraction of sp³-hybridized carbons (Fsp3) is 0.412. The molecule has 0 amide bonds. The molecule has 120 valence electrons. The largest absolute Gasteiger partial charge is 0.240 e. The molecule has 1 spiro atoms. The van der Waals surface area contributed by atoms with E-state index in [-0.39, 0.29) is 0 Å². The van der Waals surface area contributed by atoms with Gasteiger partial charge < -0.3 is 0 Å². The van der Waals surface area contributed by atoms with Gasteiger partial charge in [0.15, 0.2) is 11.3 Å². The van der Waals surface area contributed by atoms with Crippen LogP contribution in [0, 0.1) is 0 Å². The Bertz CT molecular complexity index is 798. The first-order chi connectivity index (χ1) is 11.1. The minimum Gasteiger partial charge on any atom is -0.240 e. The number of thioether (sulfide) groups is 1. The van der Waals surface area contributed by atoms with Crippen LogP contribution in [0.1, 0.15) is 41.4 Å². The lowest BCUT2D eigenvalue weighted by Crippen LogP contribution is -2.35. The van der Waals surface area contributed by atoms with Gasteiger partial charge in [-0.3, -0.25) is 0 Å². The van der Waals surface area contributed by atoms with E-state index in [1.807, 2.05) is 24.5 Å². The summed E-state index contributed by atoms with van der Waals surface area (Å²) in [7, 11) is 0. The normalized spacial score (nSPS) is 25.5. The van der Waals surface area contributed by atoms with Crippen LogP contribution in [-0.2, 0) is 18.3 Å². The summed E-state index contributed by atoms with van der Waals surface area (Å²) in [6.07, 6.45) is 3.71. The van der Waals surface area contributed by atoms with Gasteiger partial charge >= 0.3 is 0 Å². The monoisotopic (exact) mass is 368 g/mol. The SMILES string of the molecule is CSc1nc(Cl)c2c(n1)C(F)C1(CCc3c(Cl)cccc31)CC2. The van der Waals surface area contributed by atoms with E-state index in [0.717, 1.165) is 41.0 Å². The van der Waals surface area contributed by atoms with E-state index < -0.39 is 11.6 Å². The molecule has 1 aromatic heterocycles. The molecule has 2 atom stereocenters. The van der Waals surface area contributed by atoms with Crippen LogP contribution >= 0.6 is 35.0 Å². The third-order valence-electron chi connectivity index (χ3n) is 5.17. The summed E-state index contributed by atoms with van der Waals surface area (Å²) in [5, 5.41) is 1.65. The van der Waals surface area contributed by atoms with E-state index >= 15 is 4.39 Å². The number of hydrogen-bond donors (Lipinski definition) is 0. The molecular weight excluding hydrogens is 354 g/mol. The number of alkyl halides is 1. The second-order valence-electron chi connectivity index (χ2n) is 6.15. The van der Waals surface area contributed by atoms with Gasteiger partial charge in [-0.1, -0.05) is 47.1 Å². The van der Waals surface area contributed by atoms with Crippen LogP contribution in [0.25, 0.3) is 0 Å². The van der Waals surface area contributed by atoms with Gasteiger partial charge in [0.25, 0.3) is 0 Å². The maximum Gasteiger partial charge on any atom is 0.189 e. The molecule has 0 saturated heterocycles. The minimum absolute atomic E-state index is 0.390. The molecule has 2 aromatic rings. The molecule has 1 heterocycles. The van der Waals surface area contributed by atoms with Crippen molar-refractivity contribution >= 4 is 35.0 Å². The predicted octanol–water partition coefficient (Wildman–Crippen LogP) is 5.35. The van der Waals surface area contributed by atoms with Crippen molar-refractivity contribution in [3.8, 4) is 0 Å². The Morgan fingerprint density at radius 3 is 2.65 bits per heavy atom. The van der Waals surface area contributed by atoms with E-state index in [9.17, 15) is 0 Å².